The Morgan fingerprint density at radius 1 is 1.10 bits per heavy atom. The van der Waals surface area contributed by atoms with E-state index in [0.717, 1.165) is 30.9 Å². The van der Waals surface area contributed by atoms with E-state index in [0.29, 0.717) is 42.8 Å². The maximum atomic E-state index is 12.2. The Hall–Kier alpha value is -1.86. The van der Waals surface area contributed by atoms with E-state index in [4.69, 9.17) is 23.8 Å². The van der Waals surface area contributed by atoms with E-state index >= 15 is 0 Å². The molecule has 0 spiro atoms. The number of hydrogen-bond acceptors (Lipinski definition) is 4. The lowest BCUT2D eigenvalue weighted by Crippen LogP contribution is -2.49. The van der Waals surface area contributed by atoms with Crippen molar-refractivity contribution in [1.29, 1.82) is 0 Å². The third-order valence-corrected chi connectivity index (χ3v) is 5.47. The van der Waals surface area contributed by atoms with Crippen molar-refractivity contribution in [2.45, 2.75) is 47.0 Å². The van der Waals surface area contributed by atoms with E-state index in [1.165, 1.54) is 0 Å². The molecule has 2 N–H and O–H groups in total. The van der Waals surface area contributed by atoms with E-state index in [1.54, 1.807) is 6.07 Å². The van der Waals surface area contributed by atoms with Crippen LogP contribution >= 0.6 is 23.8 Å². The number of amides is 2. The summed E-state index contributed by atoms with van der Waals surface area (Å²) in [5, 5.41) is 6.59. The first kappa shape index (κ1) is 24.4. The van der Waals surface area contributed by atoms with Gasteiger partial charge >= 0.3 is 0 Å². The number of thiocarbonyl (C=S) groups is 1. The quantitative estimate of drug-likeness (QED) is 0.604. The van der Waals surface area contributed by atoms with Gasteiger partial charge in [0, 0.05) is 44.7 Å². The second kappa shape index (κ2) is 11.5. The lowest BCUT2D eigenvalue weighted by Gasteiger charge is -2.37. The van der Waals surface area contributed by atoms with Crippen molar-refractivity contribution >= 4 is 52.1 Å². The molecule has 1 saturated heterocycles. The number of nitrogens with one attached hydrogen (secondary N) is 2. The lowest BCUT2D eigenvalue weighted by molar-refractivity contribution is -0.132. The van der Waals surface area contributed by atoms with Crippen LogP contribution in [0.2, 0.25) is 5.02 Å². The summed E-state index contributed by atoms with van der Waals surface area (Å²) in [7, 11) is 0. The summed E-state index contributed by atoms with van der Waals surface area (Å²) in [6, 6.07) is 5.64. The molecule has 8 heteroatoms. The molecule has 1 fully saturated rings. The molecule has 0 atom stereocenters. The fraction of sp³-hybridized carbons (Fsp3) is 0.591. The molecule has 0 saturated carbocycles. The average Bonchev–Trinajstić information content (AvgIpc) is 2.66. The highest BCUT2D eigenvalue weighted by molar-refractivity contribution is 7.80. The first-order valence-electron chi connectivity index (χ1n) is 10.6. The number of anilines is 2. The van der Waals surface area contributed by atoms with Crippen molar-refractivity contribution < 1.29 is 9.59 Å². The van der Waals surface area contributed by atoms with Gasteiger partial charge in [-0.2, -0.15) is 0 Å². The smallest absolute Gasteiger partial charge is 0.226 e. The molecular formula is C22H33ClN4O2S. The van der Waals surface area contributed by atoms with Crippen LogP contribution in [0.1, 0.15) is 47.0 Å². The molecule has 2 amide bonds. The number of piperazine rings is 1. The molecule has 1 aliphatic heterocycles. The Bertz CT molecular complexity index is 762. The Balaban J connectivity index is 1.87. The Morgan fingerprint density at radius 3 is 2.33 bits per heavy atom. The van der Waals surface area contributed by atoms with E-state index in [-0.39, 0.29) is 16.9 Å². The number of carbonyl (C=O) groups is 2. The predicted molar refractivity (Wildman–Crippen MR) is 128 cm³/mol. The zero-order chi connectivity index (χ0) is 22.3. The second-order valence-corrected chi connectivity index (χ2v) is 9.38. The normalized spacial score (nSPS) is 14.2. The van der Waals surface area contributed by atoms with Crippen molar-refractivity contribution in [2.75, 3.05) is 36.4 Å². The minimum Gasteiger partial charge on any atom is -0.367 e. The van der Waals surface area contributed by atoms with Gasteiger partial charge in [0.25, 0.3) is 0 Å². The highest BCUT2D eigenvalue weighted by atomic mass is 35.5. The van der Waals surface area contributed by atoms with E-state index in [2.05, 4.69) is 43.2 Å². The van der Waals surface area contributed by atoms with Crippen molar-refractivity contribution in [3.05, 3.63) is 23.2 Å². The molecule has 30 heavy (non-hydrogen) atoms. The fourth-order valence-electron chi connectivity index (χ4n) is 3.29. The molecule has 1 aliphatic rings. The summed E-state index contributed by atoms with van der Waals surface area (Å²) in [6.45, 7) is 11.2. The molecule has 0 aromatic heterocycles. The number of hydrogen-bond donors (Lipinski definition) is 2. The van der Waals surface area contributed by atoms with Gasteiger partial charge in [0.1, 0.15) is 0 Å². The highest BCUT2D eigenvalue weighted by Crippen LogP contribution is 2.29. The average molecular weight is 453 g/mol. The number of nitrogens with zero attached hydrogens (tertiary/aromatic N) is 2. The molecule has 0 radical (unpaired) electrons. The summed E-state index contributed by atoms with van der Waals surface area (Å²) in [6.07, 6.45) is 1.87. The summed E-state index contributed by atoms with van der Waals surface area (Å²) in [5.41, 5.74) is 1.66. The number of rotatable bonds is 7. The van der Waals surface area contributed by atoms with Gasteiger partial charge in [0.15, 0.2) is 5.11 Å². The van der Waals surface area contributed by atoms with Crippen molar-refractivity contribution in [2.24, 2.45) is 11.8 Å². The summed E-state index contributed by atoms with van der Waals surface area (Å²) in [4.78, 5) is 28.3. The highest BCUT2D eigenvalue weighted by Gasteiger charge is 2.23. The lowest BCUT2D eigenvalue weighted by atomic mass is 10.1. The van der Waals surface area contributed by atoms with E-state index < -0.39 is 0 Å². The zero-order valence-electron chi connectivity index (χ0n) is 18.3. The van der Waals surface area contributed by atoms with Crippen molar-refractivity contribution in [3.8, 4) is 0 Å². The van der Waals surface area contributed by atoms with Crippen LogP contribution in [0, 0.1) is 11.8 Å². The molecular weight excluding hydrogens is 420 g/mol. The first-order valence-corrected chi connectivity index (χ1v) is 11.4. The van der Waals surface area contributed by atoms with Crippen molar-refractivity contribution in [1.82, 2.24) is 10.2 Å². The Morgan fingerprint density at radius 2 is 1.77 bits per heavy atom. The summed E-state index contributed by atoms with van der Waals surface area (Å²) >= 11 is 11.7. The molecule has 0 unspecified atom stereocenters. The van der Waals surface area contributed by atoms with Crippen LogP contribution in [0.3, 0.4) is 0 Å². The van der Waals surface area contributed by atoms with Crippen LogP contribution in [0.25, 0.3) is 0 Å². The topological polar surface area (TPSA) is 64.7 Å². The second-order valence-electron chi connectivity index (χ2n) is 8.57. The van der Waals surface area contributed by atoms with Crippen LogP contribution < -0.4 is 15.5 Å². The molecule has 1 heterocycles. The van der Waals surface area contributed by atoms with Gasteiger partial charge < -0.3 is 20.4 Å². The third-order valence-electron chi connectivity index (χ3n) is 4.96. The predicted octanol–water partition coefficient (Wildman–Crippen LogP) is 4.28. The minimum absolute atomic E-state index is 0.0891. The zero-order valence-corrected chi connectivity index (χ0v) is 19.9. The van der Waals surface area contributed by atoms with Gasteiger partial charge in [-0.3, -0.25) is 9.59 Å². The molecule has 0 aliphatic carbocycles. The maximum Gasteiger partial charge on any atom is 0.226 e. The molecule has 2 rings (SSSR count). The SMILES string of the molecule is CC(C)CCC(=O)NC(=S)Nc1ccc(N2CCN(C(=O)CC(C)C)CC2)c(Cl)c1. The van der Waals surface area contributed by atoms with Crippen LogP contribution in [-0.2, 0) is 9.59 Å². The van der Waals surface area contributed by atoms with Crippen LogP contribution in [0.15, 0.2) is 18.2 Å². The monoisotopic (exact) mass is 452 g/mol. The minimum atomic E-state index is -0.0891. The van der Waals surface area contributed by atoms with Crippen LogP contribution in [-0.4, -0.2) is 48.0 Å². The Kier molecular flexibility index (Phi) is 9.37. The van der Waals surface area contributed by atoms with Gasteiger partial charge in [0.2, 0.25) is 11.8 Å². The summed E-state index contributed by atoms with van der Waals surface area (Å²) < 4.78 is 0. The molecule has 1 aromatic rings. The van der Waals surface area contributed by atoms with Crippen LogP contribution in [0.4, 0.5) is 11.4 Å². The number of benzene rings is 1. The molecule has 6 nitrogen and oxygen atoms in total. The van der Waals surface area contributed by atoms with E-state index in [9.17, 15) is 9.59 Å². The number of carbonyl (C=O) groups excluding carboxylic acids is 2. The van der Waals surface area contributed by atoms with Gasteiger partial charge in [-0.25, -0.2) is 0 Å². The van der Waals surface area contributed by atoms with Crippen molar-refractivity contribution in [3.63, 3.8) is 0 Å². The third kappa shape index (κ3) is 7.76. The molecule has 0 bridgehead atoms. The largest absolute Gasteiger partial charge is 0.367 e. The Labute approximate surface area is 190 Å². The first-order chi connectivity index (χ1) is 14.2. The molecule has 1 aromatic carbocycles. The van der Waals surface area contributed by atoms with Crippen LogP contribution in [0.5, 0.6) is 0 Å². The van der Waals surface area contributed by atoms with Gasteiger partial charge in [-0.15, -0.1) is 0 Å². The summed E-state index contributed by atoms with van der Waals surface area (Å²) in [5.74, 6) is 0.975. The standard InChI is InChI=1S/C22H33ClN4O2S/c1-15(2)5-8-20(28)25-22(30)24-17-6-7-19(18(23)14-17)26-9-11-27(12-10-26)21(29)13-16(3)4/h6-7,14-16H,5,8-13H2,1-4H3,(H2,24,25,28,30). The van der Waals surface area contributed by atoms with Gasteiger partial charge in [0.05, 0.1) is 10.7 Å². The van der Waals surface area contributed by atoms with Gasteiger partial charge in [-0.05, 0) is 48.7 Å². The molecule has 166 valence electrons. The van der Waals surface area contributed by atoms with Gasteiger partial charge in [-0.1, -0.05) is 39.3 Å². The maximum absolute atomic E-state index is 12.2. The van der Waals surface area contributed by atoms with E-state index in [1.807, 2.05) is 17.0 Å². The number of halogens is 1. The fourth-order valence-corrected chi connectivity index (χ4v) is 3.82.